The minimum atomic E-state index is -0.313. The fourth-order valence-electron chi connectivity index (χ4n) is 1.62. The van der Waals surface area contributed by atoms with Gasteiger partial charge in [0.05, 0.1) is 15.9 Å². The Kier molecular flexibility index (Phi) is 4.01. The molecule has 0 amide bonds. The highest BCUT2D eigenvalue weighted by molar-refractivity contribution is 9.10. The fraction of sp³-hybridized carbons (Fsp3) is 0.308. The molecule has 0 atom stereocenters. The molecule has 0 unspecified atom stereocenters. The van der Waals surface area contributed by atoms with Crippen molar-refractivity contribution in [1.29, 1.82) is 0 Å². The summed E-state index contributed by atoms with van der Waals surface area (Å²) in [7, 11) is 1.87. The van der Waals surface area contributed by atoms with Crippen molar-refractivity contribution in [2.24, 2.45) is 7.05 Å². The van der Waals surface area contributed by atoms with Crippen LogP contribution in [-0.2, 0) is 20.1 Å². The molecule has 3 nitrogen and oxygen atoms in total. The van der Waals surface area contributed by atoms with Crippen LogP contribution in [-0.4, -0.2) is 9.78 Å². The molecule has 0 bridgehead atoms. The third-order valence-corrected chi connectivity index (χ3v) is 3.31. The first-order valence-electron chi connectivity index (χ1n) is 5.69. The van der Waals surface area contributed by atoms with Crippen molar-refractivity contribution >= 4 is 15.9 Å². The molecule has 0 saturated carbocycles. The summed E-state index contributed by atoms with van der Waals surface area (Å²) in [5.74, 6) is 0.182. The molecule has 0 N–H and O–H groups in total. The Morgan fingerprint density at radius 2 is 2.17 bits per heavy atom. The summed E-state index contributed by atoms with van der Waals surface area (Å²) in [5, 5.41) is 4.33. The molecule has 18 heavy (non-hydrogen) atoms. The molecule has 5 heteroatoms. The van der Waals surface area contributed by atoms with Crippen molar-refractivity contribution < 1.29 is 9.13 Å². The molecule has 0 spiro atoms. The smallest absolute Gasteiger partial charge is 0.136 e. The zero-order valence-corrected chi connectivity index (χ0v) is 11.9. The molecule has 0 aliphatic heterocycles. The van der Waals surface area contributed by atoms with Gasteiger partial charge in [-0.3, -0.25) is 4.68 Å². The largest absolute Gasteiger partial charge is 0.486 e. The Morgan fingerprint density at radius 1 is 1.39 bits per heavy atom. The fourth-order valence-corrected chi connectivity index (χ4v) is 1.98. The van der Waals surface area contributed by atoms with Gasteiger partial charge < -0.3 is 4.74 Å². The second kappa shape index (κ2) is 5.52. The van der Waals surface area contributed by atoms with Crippen LogP contribution in [0.25, 0.3) is 0 Å². The van der Waals surface area contributed by atoms with Crippen molar-refractivity contribution in [2.45, 2.75) is 20.0 Å². The first kappa shape index (κ1) is 13.1. The zero-order chi connectivity index (χ0) is 13.1. The Morgan fingerprint density at radius 3 is 2.83 bits per heavy atom. The van der Waals surface area contributed by atoms with Crippen molar-refractivity contribution in [3.63, 3.8) is 0 Å². The normalized spacial score (nSPS) is 10.7. The van der Waals surface area contributed by atoms with Crippen molar-refractivity contribution in [2.75, 3.05) is 0 Å². The monoisotopic (exact) mass is 312 g/mol. The number of benzene rings is 1. The summed E-state index contributed by atoms with van der Waals surface area (Å²) >= 11 is 3.33. The van der Waals surface area contributed by atoms with E-state index in [-0.39, 0.29) is 5.82 Å². The van der Waals surface area contributed by atoms with Crippen molar-refractivity contribution in [3.8, 4) is 5.75 Å². The highest BCUT2D eigenvalue weighted by atomic mass is 79.9. The lowest BCUT2D eigenvalue weighted by Gasteiger charge is -2.08. The van der Waals surface area contributed by atoms with Gasteiger partial charge in [-0.05, 0) is 40.5 Å². The van der Waals surface area contributed by atoms with Gasteiger partial charge in [-0.25, -0.2) is 4.39 Å². The Bertz CT molecular complexity index is 554. The van der Waals surface area contributed by atoms with Crippen LogP contribution in [0.4, 0.5) is 4.39 Å². The second-order valence-corrected chi connectivity index (χ2v) is 4.82. The number of ether oxygens (including phenoxy) is 1. The van der Waals surface area contributed by atoms with Gasteiger partial charge in [0.2, 0.25) is 0 Å². The van der Waals surface area contributed by atoms with Gasteiger partial charge in [-0.1, -0.05) is 6.92 Å². The summed E-state index contributed by atoms with van der Waals surface area (Å²) in [6.45, 7) is 2.42. The standard InChI is InChI=1S/C13H14BrFN2O/c1-3-10-7-11(17(2)16-10)8-18-13-6-9(15)4-5-12(13)14/h4-7H,3,8H2,1-2H3. The Hall–Kier alpha value is -1.36. The maximum Gasteiger partial charge on any atom is 0.136 e. The first-order valence-corrected chi connectivity index (χ1v) is 6.49. The van der Waals surface area contributed by atoms with E-state index in [1.807, 2.05) is 13.1 Å². The van der Waals surface area contributed by atoms with Gasteiger partial charge in [-0.15, -0.1) is 0 Å². The van der Waals surface area contributed by atoms with Gasteiger partial charge in [0, 0.05) is 13.1 Å². The average molecular weight is 313 g/mol. The first-order chi connectivity index (χ1) is 8.60. The molecular weight excluding hydrogens is 299 g/mol. The molecule has 1 aromatic heterocycles. The van der Waals surface area contributed by atoms with Gasteiger partial charge in [0.15, 0.2) is 0 Å². The third kappa shape index (κ3) is 2.90. The minimum absolute atomic E-state index is 0.313. The maximum absolute atomic E-state index is 13.1. The number of hydrogen-bond acceptors (Lipinski definition) is 2. The van der Waals surface area contributed by atoms with E-state index < -0.39 is 0 Å². The number of hydrogen-bond donors (Lipinski definition) is 0. The molecule has 2 rings (SSSR count). The molecule has 1 heterocycles. The van der Waals surface area contributed by atoms with E-state index in [9.17, 15) is 4.39 Å². The predicted molar refractivity (Wildman–Crippen MR) is 71.0 cm³/mol. The van der Waals surface area contributed by atoms with Crippen LogP contribution in [0.1, 0.15) is 18.3 Å². The third-order valence-electron chi connectivity index (χ3n) is 2.66. The van der Waals surface area contributed by atoms with Crippen molar-refractivity contribution in [1.82, 2.24) is 9.78 Å². The average Bonchev–Trinajstić information content (AvgIpc) is 2.71. The number of halogens is 2. The number of aromatic nitrogens is 2. The quantitative estimate of drug-likeness (QED) is 0.864. The van der Waals surface area contributed by atoms with Gasteiger partial charge in [-0.2, -0.15) is 5.10 Å². The number of rotatable bonds is 4. The topological polar surface area (TPSA) is 27.1 Å². The van der Waals surface area contributed by atoms with E-state index >= 15 is 0 Å². The predicted octanol–water partition coefficient (Wildman–Crippen LogP) is 3.46. The molecule has 0 saturated heterocycles. The molecule has 96 valence electrons. The highest BCUT2D eigenvalue weighted by Gasteiger charge is 2.07. The van der Waals surface area contributed by atoms with Crippen LogP contribution in [0, 0.1) is 5.82 Å². The van der Waals surface area contributed by atoms with Crippen molar-refractivity contribution in [3.05, 3.63) is 45.9 Å². The lowest BCUT2D eigenvalue weighted by Crippen LogP contribution is -2.03. The Labute approximate surface area is 114 Å². The molecular formula is C13H14BrFN2O. The summed E-state index contributed by atoms with van der Waals surface area (Å²) < 4.78 is 21.2. The summed E-state index contributed by atoms with van der Waals surface area (Å²) in [6.07, 6.45) is 0.886. The molecule has 0 fully saturated rings. The highest BCUT2D eigenvalue weighted by Crippen LogP contribution is 2.26. The molecule has 0 aliphatic rings. The van der Waals surface area contributed by atoms with Crippen LogP contribution >= 0.6 is 15.9 Å². The van der Waals surface area contributed by atoms with E-state index in [2.05, 4.69) is 28.0 Å². The van der Waals surface area contributed by atoms with Gasteiger partial charge >= 0.3 is 0 Å². The van der Waals surface area contributed by atoms with Crippen LogP contribution in [0.2, 0.25) is 0 Å². The molecule has 0 aliphatic carbocycles. The molecule has 0 radical (unpaired) electrons. The van der Waals surface area contributed by atoms with E-state index in [0.29, 0.717) is 12.4 Å². The second-order valence-electron chi connectivity index (χ2n) is 3.97. The van der Waals surface area contributed by atoms with Crippen LogP contribution in [0.15, 0.2) is 28.7 Å². The summed E-state index contributed by atoms with van der Waals surface area (Å²) in [6, 6.07) is 6.37. The van der Waals surface area contributed by atoms with Crippen LogP contribution in [0.3, 0.4) is 0 Å². The van der Waals surface area contributed by atoms with E-state index in [0.717, 1.165) is 22.3 Å². The number of nitrogens with zero attached hydrogens (tertiary/aromatic N) is 2. The zero-order valence-electron chi connectivity index (χ0n) is 10.3. The van der Waals surface area contributed by atoms with E-state index in [4.69, 9.17) is 4.74 Å². The van der Waals surface area contributed by atoms with E-state index in [1.54, 1.807) is 10.7 Å². The molecule has 2 aromatic rings. The van der Waals surface area contributed by atoms with Gasteiger partial charge in [0.25, 0.3) is 0 Å². The number of aryl methyl sites for hydroxylation is 2. The summed E-state index contributed by atoms with van der Waals surface area (Å²) in [4.78, 5) is 0. The lowest BCUT2D eigenvalue weighted by molar-refractivity contribution is 0.291. The lowest BCUT2D eigenvalue weighted by atomic mass is 10.3. The maximum atomic E-state index is 13.1. The minimum Gasteiger partial charge on any atom is -0.486 e. The van der Waals surface area contributed by atoms with Crippen LogP contribution in [0.5, 0.6) is 5.75 Å². The van der Waals surface area contributed by atoms with E-state index in [1.165, 1.54) is 12.1 Å². The Balaban J connectivity index is 2.11. The van der Waals surface area contributed by atoms with Crippen LogP contribution < -0.4 is 4.74 Å². The summed E-state index contributed by atoms with van der Waals surface area (Å²) in [5.41, 5.74) is 1.98. The van der Waals surface area contributed by atoms with Gasteiger partial charge in [0.1, 0.15) is 18.2 Å². The SMILES string of the molecule is CCc1cc(COc2cc(F)ccc2Br)n(C)n1. The molecule has 1 aromatic carbocycles.